The Kier molecular flexibility index (Phi) is 4.44. The smallest absolute Gasteiger partial charge is 0.246 e. The summed E-state index contributed by atoms with van der Waals surface area (Å²) >= 11 is 1.71. The molecule has 1 aliphatic carbocycles. The van der Waals surface area contributed by atoms with E-state index in [9.17, 15) is 4.79 Å². The summed E-state index contributed by atoms with van der Waals surface area (Å²) in [5, 5.41) is 2.07. The minimum atomic E-state index is 0.0500. The Balaban J connectivity index is 1.68. The van der Waals surface area contributed by atoms with Gasteiger partial charge in [-0.1, -0.05) is 0 Å². The molecule has 2 aromatic heterocycles. The third-order valence-electron chi connectivity index (χ3n) is 4.57. The van der Waals surface area contributed by atoms with E-state index in [-0.39, 0.29) is 5.91 Å². The lowest BCUT2D eigenvalue weighted by Crippen LogP contribution is -2.23. The van der Waals surface area contributed by atoms with E-state index in [1.165, 1.54) is 34.7 Å². The molecule has 0 spiro atoms. The summed E-state index contributed by atoms with van der Waals surface area (Å²) in [7, 11) is 1.86. The van der Waals surface area contributed by atoms with Gasteiger partial charge in [0.25, 0.3) is 0 Å². The van der Waals surface area contributed by atoms with Gasteiger partial charge in [0.15, 0.2) is 0 Å². The molecule has 0 saturated heterocycles. The minimum Gasteiger partial charge on any atom is -0.346 e. The quantitative estimate of drug-likeness (QED) is 0.743. The van der Waals surface area contributed by atoms with E-state index in [0.29, 0.717) is 12.6 Å². The average Bonchev–Trinajstić information content (AvgIpc) is 3.20. The van der Waals surface area contributed by atoms with Crippen molar-refractivity contribution in [1.29, 1.82) is 0 Å². The van der Waals surface area contributed by atoms with Crippen LogP contribution in [0.2, 0.25) is 0 Å². The Morgan fingerprint density at radius 3 is 2.74 bits per heavy atom. The zero-order valence-corrected chi connectivity index (χ0v) is 15.1. The summed E-state index contributed by atoms with van der Waals surface area (Å²) in [4.78, 5) is 15.4. The molecular formula is C19H24N2OS. The van der Waals surface area contributed by atoms with Gasteiger partial charge in [-0.2, -0.15) is 0 Å². The van der Waals surface area contributed by atoms with Crippen molar-refractivity contribution in [3.8, 4) is 0 Å². The highest BCUT2D eigenvalue weighted by Gasteiger charge is 2.26. The third kappa shape index (κ3) is 3.42. The van der Waals surface area contributed by atoms with Crippen molar-refractivity contribution in [2.24, 2.45) is 0 Å². The molecule has 1 fully saturated rings. The number of aromatic nitrogens is 1. The number of aryl methyl sites for hydroxylation is 2. The second-order valence-electron chi connectivity index (χ2n) is 6.48. The van der Waals surface area contributed by atoms with Gasteiger partial charge < -0.3 is 9.47 Å². The van der Waals surface area contributed by atoms with Crippen molar-refractivity contribution in [3.63, 3.8) is 0 Å². The van der Waals surface area contributed by atoms with Crippen LogP contribution >= 0.6 is 11.3 Å². The van der Waals surface area contributed by atoms with Crippen LogP contribution in [0.5, 0.6) is 0 Å². The first-order chi connectivity index (χ1) is 11.0. The molecule has 0 aromatic carbocycles. The van der Waals surface area contributed by atoms with Crippen LogP contribution in [0.15, 0.2) is 23.6 Å². The van der Waals surface area contributed by atoms with Crippen LogP contribution in [0.4, 0.5) is 0 Å². The predicted octanol–water partition coefficient (Wildman–Crippen LogP) is 4.48. The van der Waals surface area contributed by atoms with Gasteiger partial charge >= 0.3 is 0 Å². The van der Waals surface area contributed by atoms with Crippen LogP contribution in [-0.2, 0) is 11.3 Å². The minimum absolute atomic E-state index is 0.0500. The predicted molar refractivity (Wildman–Crippen MR) is 96.7 cm³/mol. The number of hydrogen-bond donors (Lipinski definition) is 0. The van der Waals surface area contributed by atoms with Crippen molar-refractivity contribution in [1.82, 2.24) is 9.47 Å². The number of likely N-dealkylation sites (N-methyl/N-ethyl adjacent to an activating group) is 1. The molecule has 3 nitrogen and oxygen atoms in total. The average molecular weight is 328 g/mol. The van der Waals surface area contributed by atoms with Gasteiger partial charge in [0, 0.05) is 35.4 Å². The molecule has 0 radical (unpaired) electrons. The van der Waals surface area contributed by atoms with Gasteiger partial charge in [-0.15, -0.1) is 11.3 Å². The Morgan fingerprint density at radius 2 is 2.13 bits per heavy atom. The number of nitrogens with zero attached hydrogens (tertiary/aromatic N) is 2. The fraction of sp³-hybridized carbons (Fsp3) is 0.421. The van der Waals surface area contributed by atoms with Crippen LogP contribution < -0.4 is 0 Å². The molecule has 0 aliphatic heterocycles. The zero-order chi connectivity index (χ0) is 16.6. The third-order valence-corrected chi connectivity index (χ3v) is 5.57. The molecule has 1 aliphatic rings. The molecule has 0 unspecified atom stereocenters. The molecule has 2 heterocycles. The van der Waals surface area contributed by atoms with E-state index in [2.05, 4.69) is 42.9 Å². The molecule has 1 amide bonds. The van der Waals surface area contributed by atoms with Gasteiger partial charge in [-0.25, -0.2) is 0 Å². The molecule has 3 rings (SSSR count). The number of carbonyl (C=O) groups excluding carboxylic acids is 1. The second-order valence-corrected chi connectivity index (χ2v) is 7.48. The van der Waals surface area contributed by atoms with Gasteiger partial charge in [0.2, 0.25) is 5.91 Å². The van der Waals surface area contributed by atoms with Gasteiger partial charge in [-0.05, 0) is 68.3 Å². The van der Waals surface area contributed by atoms with Crippen LogP contribution in [0, 0.1) is 20.8 Å². The summed E-state index contributed by atoms with van der Waals surface area (Å²) < 4.78 is 2.41. The van der Waals surface area contributed by atoms with Crippen molar-refractivity contribution in [2.45, 2.75) is 46.2 Å². The van der Waals surface area contributed by atoms with E-state index in [1.54, 1.807) is 22.3 Å². The van der Waals surface area contributed by atoms with Crippen LogP contribution in [-0.4, -0.2) is 22.4 Å². The van der Waals surface area contributed by atoms with Gasteiger partial charge in [0.05, 0.1) is 6.54 Å². The Hall–Kier alpha value is -1.81. The van der Waals surface area contributed by atoms with Crippen molar-refractivity contribution in [2.75, 3.05) is 7.05 Å². The first-order valence-corrected chi connectivity index (χ1v) is 9.00. The molecule has 4 heteroatoms. The molecule has 122 valence electrons. The second kappa shape index (κ2) is 6.36. The van der Waals surface area contributed by atoms with Gasteiger partial charge in [-0.3, -0.25) is 4.79 Å². The maximum absolute atomic E-state index is 12.3. The van der Waals surface area contributed by atoms with E-state index >= 15 is 0 Å². The lowest BCUT2D eigenvalue weighted by atomic mass is 10.2. The molecule has 1 saturated carbocycles. The lowest BCUT2D eigenvalue weighted by molar-refractivity contribution is -0.125. The number of amides is 1. The SMILES string of the molecule is Cc1ccsc1CN(C)C(=O)C=Cc1cc(C)n(C2CC2)c1C. The number of hydrogen-bond acceptors (Lipinski definition) is 2. The monoisotopic (exact) mass is 328 g/mol. The van der Waals surface area contributed by atoms with Gasteiger partial charge in [0.1, 0.15) is 0 Å². The molecule has 0 N–H and O–H groups in total. The Bertz CT molecular complexity index is 750. The van der Waals surface area contributed by atoms with Crippen molar-refractivity contribution >= 4 is 23.3 Å². The topological polar surface area (TPSA) is 25.2 Å². The Labute approximate surface area is 142 Å². The highest BCUT2D eigenvalue weighted by atomic mass is 32.1. The maximum Gasteiger partial charge on any atom is 0.246 e. The number of rotatable bonds is 5. The summed E-state index contributed by atoms with van der Waals surface area (Å²) in [6.45, 7) is 7.06. The molecular weight excluding hydrogens is 304 g/mol. The molecule has 0 atom stereocenters. The molecule has 0 bridgehead atoms. The fourth-order valence-corrected chi connectivity index (χ4v) is 3.97. The first kappa shape index (κ1) is 16.1. The highest BCUT2D eigenvalue weighted by Crippen LogP contribution is 2.38. The fourth-order valence-electron chi connectivity index (χ4n) is 3.01. The number of carbonyl (C=O) groups is 1. The summed E-state index contributed by atoms with van der Waals surface area (Å²) in [6.07, 6.45) is 6.21. The number of thiophene rings is 1. The van der Waals surface area contributed by atoms with Crippen molar-refractivity contribution < 1.29 is 4.79 Å². The van der Waals surface area contributed by atoms with Crippen molar-refractivity contribution in [3.05, 3.63) is 51.0 Å². The van der Waals surface area contributed by atoms with E-state index in [0.717, 1.165) is 5.56 Å². The zero-order valence-electron chi connectivity index (χ0n) is 14.3. The normalized spacial score (nSPS) is 14.6. The summed E-state index contributed by atoms with van der Waals surface area (Å²) in [6, 6.07) is 4.96. The maximum atomic E-state index is 12.3. The largest absolute Gasteiger partial charge is 0.346 e. The highest BCUT2D eigenvalue weighted by molar-refractivity contribution is 7.10. The molecule has 23 heavy (non-hydrogen) atoms. The van der Waals surface area contributed by atoms with Crippen LogP contribution in [0.25, 0.3) is 6.08 Å². The van der Waals surface area contributed by atoms with Crippen LogP contribution in [0.3, 0.4) is 0 Å². The molecule has 2 aromatic rings. The summed E-state index contributed by atoms with van der Waals surface area (Å²) in [5.41, 5.74) is 4.97. The standard InChI is InChI=1S/C19H24N2OS/c1-13-9-10-23-18(13)12-20(4)19(22)8-5-16-11-14(2)21(15(16)3)17-6-7-17/h5,8-11,17H,6-7,12H2,1-4H3. The Morgan fingerprint density at radius 1 is 1.39 bits per heavy atom. The van der Waals surface area contributed by atoms with E-state index in [4.69, 9.17) is 0 Å². The first-order valence-electron chi connectivity index (χ1n) is 8.12. The summed E-state index contributed by atoms with van der Waals surface area (Å²) in [5.74, 6) is 0.0500. The van der Waals surface area contributed by atoms with E-state index < -0.39 is 0 Å². The van der Waals surface area contributed by atoms with E-state index in [1.807, 2.05) is 13.1 Å². The lowest BCUT2D eigenvalue weighted by Gasteiger charge is -2.14. The van der Waals surface area contributed by atoms with Crippen LogP contribution in [0.1, 0.15) is 46.3 Å².